The van der Waals surface area contributed by atoms with Crippen molar-refractivity contribution in [2.45, 2.75) is 57.9 Å². The standard InChI is InChI=1S/C18H26N4O3S/c1-12(2)22-11-16(17(20-22)18(4,5)6)26(24,25)21-15-9-7-14(8-10-15)19-13(3)23/h7-12,21H,1-6H3,(H,19,23). The van der Waals surface area contributed by atoms with Crippen molar-refractivity contribution in [3.63, 3.8) is 0 Å². The second-order valence-electron chi connectivity index (χ2n) is 7.53. The van der Waals surface area contributed by atoms with Gasteiger partial charge < -0.3 is 5.32 Å². The van der Waals surface area contributed by atoms with Crippen LogP contribution in [0.4, 0.5) is 11.4 Å². The molecule has 0 unspecified atom stereocenters. The Bertz CT molecular complexity index is 892. The molecule has 0 fully saturated rings. The highest BCUT2D eigenvalue weighted by molar-refractivity contribution is 7.92. The van der Waals surface area contributed by atoms with Crippen LogP contribution >= 0.6 is 0 Å². The van der Waals surface area contributed by atoms with E-state index in [0.717, 1.165) is 0 Å². The molecule has 26 heavy (non-hydrogen) atoms. The van der Waals surface area contributed by atoms with Gasteiger partial charge in [-0.25, -0.2) is 8.42 Å². The van der Waals surface area contributed by atoms with E-state index in [9.17, 15) is 13.2 Å². The Morgan fingerprint density at radius 1 is 1.12 bits per heavy atom. The summed E-state index contributed by atoms with van der Waals surface area (Å²) in [4.78, 5) is 11.2. The highest BCUT2D eigenvalue weighted by atomic mass is 32.2. The van der Waals surface area contributed by atoms with E-state index < -0.39 is 15.4 Å². The Morgan fingerprint density at radius 2 is 1.65 bits per heavy atom. The van der Waals surface area contributed by atoms with Crippen LogP contribution in [0.25, 0.3) is 0 Å². The van der Waals surface area contributed by atoms with Gasteiger partial charge in [-0.1, -0.05) is 20.8 Å². The molecule has 1 amide bonds. The first-order valence-electron chi connectivity index (χ1n) is 8.40. The van der Waals surface area contributed by atoms with Crippen LogP contribution in [-0.4, -0.2) is 24.1 Å². The molecule has 142 valence electrons. The van der Waals surface area contributed by atoms with Gasteiger partial charge in [-0.2, -0.15) is 5.10 Å². The van der Waals surface area contributed by atoms with E-state index in [1.807, 2.05) is 34.6 Å². The minimum atomic E-state index is -3.80. The number of hydrogen-bond acceptors (Lipinski definition) is 4. The van der Waals surface area contributed by atoms with Gasteiger partial charge in [0, 0.05) is 36.0 Å². The zero-order valence-corrected chi connectivity index (χ0v) is 16.8. The summed E-state index contributed by atoms with van der Waals surface area (Å²) in [6.07, 6.45) is 1.57. The maximum Gasteiger partial charge on any atom is 0.265 e. The Hall–Kier alpha value is -2.35. The molecule has 7 nitrogen and oxygen atoms in total. The molecule has 0 saturated heterocycles. The summed E-state index contributed by atoms with van der Waals surface area (Å²) in [5, 5.41) is 7.13. The summed E-state index contributed by atoms with van der Waals surface area (Å²) in [5.74, 6) is -0.186. The summed E-state index contributed by atoms with van der Waals surface area (Å²) in [6.45, 7) is 11.1. The van der Waals surface area contributed by atoms with Crippen molar-refractivity contribution in [1.82, 2.24) is 9.78 Å². The molecule has 0 aliphatic rings. The second kappa shape index (κ2) is 7.11. The van der Waals surface area contributed by atoms with E-state index in [2.05, 4.69) is 15.1 Å². The lowest BCUT2D eigenvalue weighted by atomic mass is 9.92. The Balaban J connectivity index is 2.37. The number of rotatable bonds is 5. The Labute approximate surface area is 154 Å². The van der Waals surface area contributed by atoms with E-state index in [4.69, 9.17) is 0 Å². The first kappa shape index (κ1) is 20.0. The van der Waals surface area contributed by atoms with Crippen LogP contribution in [0.3, 0.4) is 0 Å². The quantitative estimate of drug-likeness (QED) is 0.832. The van der Waals surface area contributed by atoms with Crippen molar-refractivity contribution >= 4 is 27.3 Å². The average molecular weight is 378 g/mol. The van der Waals surface area contributed by atoms with Crippen molar-refractivity contribution in [2.75, 3.05) is 10.0 Å². The third-order valence-corrected chi connectivity index (χ3v) is 5.07. The van der Waals surface area contributed by atoms with Crippen molar-refractivity contribution < 1.29 is 13.2 Å². The summed E-state index contributed by atoms with van der Waals surface area (Å²) in [5.41, 5.74) is 1.12. The third-order valence-electron chi connectivity index (χ3n) is 3.68. The predicted molar refractivity (Wildman–Crippen MR) is 103 cm³/mol. The zero-order valence-electron chi connectivity index (χ0n) is 16.0. The lowest BCUT2D eigenvalue weighted by molar-refractivity contribution is -0.114. The number of benzene rings is 1. The number of sulfonamides is 1. The molecule has 1 aromatic carbocycles. The molecule has 0 spiro atoms. The maximum atomic E-state index is 12.9. The fourth-order valence-electron chi connectivity index (χ4n) is 2.39. The average Bonchev–Trinajstić information content (AvgIpc) is 2.95. The molecule has 2 N–H and O–H groups in total. The number of anilines is 2. The Kier molecular flexibility index (Phi) is 5.46. The van der Waals surface area contributed by atoms with Gasteiger partial charge in [0.15, 0.2) is 0 Å². The molecular weight excluding hydrogens is 352 g/mol. The van der Waals surface area contributed by atoms with E-state index in [-0.39, 0.29) is 16.8 Å². The number of nitrogens with zero attached hydrogens (tertiary/aromatic N) is 2. The largest absolute Gasteiger partial charge is 0.326 e. The van der Waals surface area contributed by atoms with Crippen LogP contribution in [-0.2, 0) is 20.2 Å². The molecule has 0 radical (unpaired) electrons. The molecule has 1 aromatic heterocycles. The van der Waals surface area contributed by atoms with E-state index in [0.29, 0.717) is 17.1 Å². The highest BCUT2D eigenvalue weighted by Gasteiger charge is 2.30. The maximum absolute atomic E-state index is 12.9. The van der Waals surface area contributed by atoms with Crippen LogP contribution in [0, 0.1) is 0 Å². The van der Waals surface area contributed by atoms with Gasteiger partial charge in [0.05, 0.1) is 5.69 Å². The van der Waals surface area contributed by atoms with Gasteiger partial charge in [0.2, 0.25) is 5.91 Å². The third kappa shape index (κ3) is 4.63. The number of amides is 1. The Morgan fingerprint density at radius 3 is 2.12 bits per heavy atom. The molecule has 0 aliphatic heterocycles. The summed E-state index contributed by atoms with van der Waals surface area (Å²) < 4.78 is 30.1. The fourth-order valence-corrected chi connectivity index (χ4v) is 3.80. The van der Waals surface area contributed by atoms with Gasteiger partial charge >= 0.3 is 0 Å². The molecular formula is C18H26N4O3S. The monoisotopic (exact) mass is 378 g/mol. The van der Waals surface area contributed by atoms with Gasteiger partial charge in [-0.3, -0.25) is 14.2 Å². The molecule has 0 bridgehead atoms. The summed E-state index contributed by atoms with van der Waals surface area (Å²) in [7, 11) is -3.80. The predicted octanol–water partition coefficient (Wildman–Crippen LogP) is 3.52. The zero-order chi connectivity index (χ0) is 19.7. The van der Waals surface area contributed by atoms with Crippen molar-refractivity contribution in [3.05, 3.63) is 36.2 Å². The number of aromatic nitrogens is 2. The number of carbonyl (C=O) groups excluding carboxylic acids is 1. The second-order valence-corrected chi connectivity index (χ2v) is 9.18. The lowest BCUT2D eigenvalue weighted by Crippen LogP contribution is -2.20. The van der Waals surface area contributed by atoms with Gasteiger partial charge in [0.1, 0.15) is 4.90 Å². The minimum Gasteiger partial charge on any atom is -0.326 e. The van der Waals surface area contributed by atoms with E-state index in [1.54, 1.807) is 35.1 Å². The number of hydrogen-bond donors (Lipinski definition) is 2. The SMILES string of the molecule is CC(=O)Nc1ccc(NS(=O)(=O)c2cn(C(C)C)nc2C(C)(C)C)cc1. The van der Waals surface area contributed by atoms with Crippen molar-refractivity contribution in [1.29, 1.82) is 0 Å². The molecule has 2 aromatic rings. The van der Waals surface area contributed by atoms with Gasteiger partial charge in [-0.05, 0) is 38.1 Å². The van der Waals surface area contributed by atoms with Crippen molar-refractivity contribution in [2.24, 2.45) is 0 Å². The first-order chi connectivity index (χ1) is 11.9. The number of carbonyl (C=O) groups is 1. The molecule has 8 heteroatoms. The van der Waals surface area contributed by atoms with Crippen LogP contribution < -0.4 is 10.0 Å². The smallest absolute Gasteiger partial charge is 0.265 e. The molecule has 0 saturated carbocycles. The van der Waals surface area contributed by atoms with Gasteiger partial charge in [-0.15, -0.1) is 0 Å². The highest BCUT2D eigenvalue weighted by Crippen LogP contribution is 2.30. The first-order valence-corrected chi connectivity index (χ1v) is 9.88. The molecule has 1 heterocycles. The van der Waals surface area contributed by atoms with Crippen LogP contribution in [0.1, 0.15) is 53.3 Å². The fraction of sp³-hybridized carbons (Fsp3) is 0.444. The molecule has 0 atom stereocenters. The minimum absolute atomic E-state index is 0.0528. The summed E-state index contributed by atoms with van der Waals surface area (Å²) in [6, 6.07) is 6.54. The normalized spacial score (nSPS) is 12.3. The van der Waals surface area contributed by atoms with Crippen LogP contribution in [0.2, 0.25) is 0 Å². The number of nitrogens with one attached hydrogen (secondary N) is 2. The van der Waals surface area contributed by atoms with E-state index in [1.165, 1.54) is 6.92 Å². The van der Waals surface area contributed by atoms with Crippen molar-refractivity contribution in [3.8, 4) is 0 Å². The summed E-state index contributed by atoms with van der Waals surface area (Å²) >= 11 is 0. The molecule has 2 rings (SSSR count). The van der Waals surface area contributed by atoms with Crippen LogP contribution in [0.5, 0.6) is 0 Å². The molecule has 0 aliphatic carbocycles. The van der Waals surface area contributed by atoms with Gasteiger partial charge in [0.25, 0.3) is 10.0 Å². The van der Waals surface area contributed by atoms with E-state index >= 15 is 0 Å². The lowest BCUT2D eigenvalue weighted by Gasteiger charge is -2.18. The van der Waals surface area contributed by atoms with Crippen LogP contribution in [0.15, 0.2) is 35.4 Å². The topological polar surface area (TPSA) is 93.1 Å².